The minimum absolute atomic E-state index is 0. The number of pyridine rings is 1. The number of rotatable bonds is 11. The van der Waals surface area contributed by atoms with Gasteiger partial charge in [-0.1, -0.05) is 0 Å². The first-order valence-electron chi connectivity index (χ1n) is 10.9. The molecule has 33 heavy (non-hydrogen) atoms. The van der Waals surface area contributed by atoms with Crippen molar-refractivity contribution in [1.82, 2.24) is 29.3 Å². The molecule has 0 radical (unpaired) electrons. The fourth-order valence-electron chi connectivity index (χ4n) is 3.77. The summed E-state index contributed by atoms with van der Waals surface area (Å²) in [5.41, 5.74) is 3.27. The Bertz CT molecular complexity index is 1190. The Morgan fingerprint density at radius 3 is 2.30 bits per heavy atom. The zero-order valence-electron chi connectivity index (χ0n) is 20.3. The van der Waals surface area contributed by atoms with E-state index in [1.165, 1.54) is 0 Å². The summed E-state index contributed by atoms with van der Waals surface area (Å²) in [6, 6.07) is 5.11. The van der Waals surface area contributed by atoms with Crippen molar-refractivity contribution in [3.63, 3.8) is 0 Å². The van der Waals surface area contributed by atoms with Gasteiger partial charge in [-0.05, 0) is 79.2 Å². The van der Waals surface area contributed by atoms with Gasteiger partial charge >= 0.3 is 0 Å². The maximum absolute atomic E-state index is 12.9. The van der Waals surface area contributed by atoms with Gasteiger partial charge in [0.2, 0.25) is 10.0 Å². The van der Waals surface area contributed by atoms with Crippen LogP contribution in [0.3, 0.4) is 0 Å². The molecule has 0 bridgehead atoms. The second kappa shape index (κ2) is 11.4. The molecule has 1 aromatic carbocycles. The van der Waals surface area contributed by atoms with E-state index in [1.54, 1.807) is 22.9 Å². The molecule has 0 saturated heterocycles. The number of aryl methyl sites for hydroxylation is 2. The fraction of sp³-hybridized carbons (Fsp3) is 0.545. The van der Waals surface area contributed by atoms with E-state index in [4.69, 9.17) is 4.98 Å². The average molecular weight is 498 g/mol. The Balaban J connectivity index is 0.00000385. The molecule has 184 valence electrons. The molecule has 0 fully saturated rings. The number of hydrogen-bond donors (Lipinski definition) is 2. The molecule has 3 rings (SSSR count). The third-order valence-corrected chi connectivity index (χ3v) is 6.83. The van der Waals surface area contributed by atoms with Gasteiger partial charge in [0.1, 0.15) is 0 Å². The second-order valence-corrected chi connectivity index (χ2v) is 10.5. The molecule has 2 aromatic heterocycles. The standard InChI is InChI=1S/C22H35N7O2S.ClH/c1-16-20-21(23-11-7-13-27(2)3)18-15-17(32(30,31)24-12-8-14-28(4)5)9-10-19(18)25-22(20)29(6)26-16;/h9-10,15,24H,7-8,11-14H2,1-6H3,(H,23,25);1H. The van der Waals surface area contributed by atoms with Crippen LogP contribution in [0.5, 0.6) is 0 Å². The number of hydrogen-bond acceptors (Lipinski definition) is 7. The lowest BCUT2D eigenvalue weighted by molar-refractivity contribution is 0.400. The maximum atomic E-state index is 12.9. The summed E-state index contributed by atoms with van der Waals surface area (Å²) in [6.07, 6.45) is 1.71. The van der Waals surface area contributed by atoms with E-state index in [2.05, 4.69) is 20.0 Å². The number of nitrogens with one attached hydrogen (secondary N) is 2. The SMILES string of the molecule is Cc1nn(C)c2nc3ccc(S(=O)(=O)NCCCN(C)C)cc3c(NCCCN(C)C)c12.Cl. The van der Waals surface area contributed by atoms with Crippen molar-refractivity contribution in [3.05, 3.63) is 23.9 Å². The van der Waals surface area contributed by atoms with Crippen molar-refractivity contribution in [2.24, 2.45) is 7.05 Å². The van der Waals surface area contributed by atoms with Crippen LogP contribution < -0.4 is 10.0 Å². The highest BCUT2D eigenvalue weighted by Crippen LogP contribution is 2.34. The molecule has 2 N–H and O–H groups in total. The number of anilines is 1. The van der Waals surface area contributed by atoms with Crippen molar-refractivity contribution >= 4 is 50.1 Å². The van der Waals surface area contributed by atoms with E-state index in [0.29, 0.717) is 6.54 Å². The molecule has 2 heterocycles. The van der Waals surface area contributed by atoms with Gasteiger partial charge in [-0.3, -0.25) is 4.68 Å². The zero-order chi connectivity index (χ0) is 23.5. The molecular weight excluding hydrogens is 462 g/mol. The largest absolute Gasteiger partial charge is 0.384 e. The van der Waals surface area contributed by atoms with Crippen LogP contribution >= 0.6 is 12.4 Å². The Kier molecular flexibility index (Phi) is 9.45. The van der Waals surface area contributed by atoms with Crippen molar-refractivity contribution in [2.75, 3.05) is 59.7 Å². The zero-order valence-corrected chi connectivity index (χ0v) is 22.0. The summed E-state index contributed by atoms with van der Waals surface area (Å²) in [7, 11) is 6.30. The molecule has 0 aliphatic heterocycles. The lowest BCUT2D eigenvalue weighted by Gasteiger charge is -2.15. The highest BCUT2D eigenvalue weighted by Gasteiger charge is 2.19. The lowest BCUT2D eigenvalue weighted by atomic mass is 10.1. The lowest BCUT2D eigenvalue weighted by Crippen LogP contribution is -2.27. The van der Waals surface area contributed by atoms with Crippen LogP contribution in [-0.4, -0.2) is 87.4 Å². The number of halogens is 1. The van der Waals surface area contributed by atoms with Crippen molar-refractivity contribution in [1.29, 1.82) is 0 Å². The Labute approximate surface area is 203 Å². The molecule has 0 atom stereocenters. The summed E-state index contributed by atoms with van der Waals surface area (Å²) < 4.78 is 30.3. The van der Waals surface area contributed by atoms with Gasteiger partial charge in [-0.15, -0.1) is 12.4 Å². The monoisotopic (exact) mass is 497 g/mol. The molecule has 3 aromatic rings. The number of nitrogens with zero attached hydrogens (tertiary/aromatic N) is 5. The van der Waals surface area contributed by atoms with E-state index in [9.17, 15) is 8.42 Å². The van der Waals surface area contributed by atoms with Gasteiger partial charge < -0.3 is 15.1 Å². The second-order valence-electron chi connectivity index (χ2n) is 8.71. The van der Waals surface area contributed by atoms with Crippen LogP contribution in [0.1, 0.15) is 18.5 Å². The van der Waals surface area contributed by atoms with E-state index in [0.717, 1.165) is 65.8 Å². The van der Waals surface area contributed by atoms with Gasteiger partial charge in [0.05, 0.1) is 27.2 Å². The van der Waals surface area contributed by atoms with Gasteiger partial charge in [0.25, 0.3) is 0 Å². The quantitative estimate of drug-likeness (QED) is 0.393. The van der Waals surface area contributed by atoms with Gasteiger partial charge in [-0.25, -0.2) is 18.1 Å². The van der Waals surface area contributed by atoms with Crippen LogP contribution in [0.2, 0.25) is 0 Å². The van der Waals surface area contributed by atoms with Gasteiger partial charge in [0.15, 0.2) is 5.65 Å². The molecule has 0 aliphatic carbocycles. The van der Waals surface area contributed by atoms with Crippen LogP contribution in [0.15, 0.2) is 23.1 Å². The topological polar surface area (TPSA) is 95.4 Å². The van der Waals surface area contributed by atoms with Crippen molar-refractivity contribution in [3.8, 4) is 0 Å². The van der Waals surface area contributed by atoms with Crippen molar-refractivity contribution < 1.29 is 8.42 Å². The van der Waals surface area contributed by atoms with Crippen LogP contribution in [0, 0.1) is 6.92 Å². The first-order chi connectivity index (χ1) is 15.1. The van der Waals surface area contributed by atoms with E-state index >= 15 is 0 Å². The highest BCUT2D eigenvalue weighted by atomic mass is 35.5. The minimum Gasteiger partial charge on any atom is -0.384 e. The molecular formula is C22H36ClN7O2S. The summed E-state index contributed by atoms with van der Waals surface area (Å²) in [6.45, 7) is 4.90. The molecule has 0 amide bonds. The fourth-order valence-corrected chi connectivity index (χ4v) is 4.87. The van der Waals surface area contributed by atoms with Gasteiger partial charge in [0, 0.05) is 25.5 Å². The molecule has 11 heteroatoms. The Morgan fingerprint density at radius 2 is 1.67 bits per heavy atom. The van der Waals surface area contributed by atoms with Crippen LogP contribution in [0.4, 0.5) is 5.69 Å². The van der Waals surface area contributed by atoms with Gasteiger partial charge in [-0.2, -0.15) is 5.10 Å². The number of sulfonamides is 1. The Hall–Kier alpha value is -1.98. The molecule has 0 unspecified atom stereocenters. The summed E-state index contributed by atoms with van der Waals surface area (Å²) in [4.78, 5) is 9.19. The molecule has 9 nitrogen and oxygen atoms in total. The first-order valence-corrected chi connectivity index (χ1v) is 12.4. The third-order valence-electron chi connectivity index (χ3n) is 5.37. The first kappa shape index (κ1) is 27.3. The molecule has 0 spiro atoms. The maximum Gasteiger partial charge on any atom is 0.240 e. The number of fused-ring (bicyclic) bond motifs is 2. The van der Waals surface area contributed by atoms with E-state index in [-0.39, 0.29) is 17.3 Å². The third kappa shape index (κ3) is 6.54. The number of benzene rings is 1. The molecule has 0 saturated carbocycles. The Morgan fingerprint density at radius 1 is 1.03 bits per heavy atom. The van der Waals surface area contributed by atoms with E-state index in [1.807, 2.05) is 47.1 Å². The highest BCUT2D eigenvalue weighted by molar-refractivity contribution is 7.89. The average Bonchev–Trinajstić information content (AvgIpc) is 3.00. The summed E-state index contributed by atoms with van der Waals surface area (Å²) in [5.74, 6) is 0. The summed E-state index contributed by atoms with van der Waals surface area (Å²) >= 11 is 0. The summed E-state index contributed by atoms with van der Waals surface area (Å²) in [5, 5.41) is 9.80. The van der Waals surface area contributed by atoms with Crippen LogP contribution in [0.25, 0.3) is 21.9 Å². The number of aromatic nitrogens is 3. The normalized spacial score (nSPS) is 12.1. The smallest absolute Gasteiger partial charge is 0.240 e. The van der Waals surface area contributed by atoms with Crippen LogP contribution in [-0.2, 0) is 17.1 Å². The minimum atomic E-state index is -3.61. The molecule has 0 aliphatic rings. The predicted molar refractivity (Wildman–Crippen MR) is 138 cm³/mol. The predicted octanol–water partition coefficient (Wildman–Crippen LogP) is 2.45. The van der Waals surface area contributed by atoms with E-state index < -0.39 is 10.0 Å². The van der Waals surface area contributed by atoms with Crippen molar-refractivity contribution in [2.45, 2.75) is 24.7 Å².